The van der Waals surface area contributed by atoms with Crippen LogP contribution in [0.3, 0.4) is 0 Å². The maximum Gasteiger partial charge on any atom is 0.322 e. The number of carboxylic acids is 1. The van der Waals surface area contributed by atoms with Gasteiger partial charge in [0.25, 0.3) is 0 Å². The highest BCUT2D eigenvalue weighted by molar-refractivity contribution is 9.10. The fraction of sp³-hybridized carbons (Fsp3) is 0.462. The van der Waals surface area contributed by atoms with Crippen LogP contribution < -0.4 is 0 Å². The molecule has 21 heavy (non-hydrogen) atoms. The fourth-order valence-corrected chi connectivity index (χ4v) is 6.90. The molecule has 1 aliphatic rings. The van der Waals surface area contributed by atoms with Crippen LogP contribution in [0.2, 0.25) is 0 Å². The summed E-state index contributed by atoms with van der Waals surface area (Å²) >= 11 is 4.62. The smallest absolute Gasteiger partial charge is 0.322 e. The van der Waals surface area contributed by atoms with E-state index in [4.69, 9.17) is 0 Å². The number of halogens is 1. The van der Waals surface area contributed by atoms with E-state index in [9.17, 15) is 18.3 Å². The van der Waals surface area contributed by atoms with Crippen molar-refractivity contribution < 1.29 is 18.3 Å². The Balaban J connectivity index is 2.48. The number of benzene rings is 1. The largest absolute Gasteiger partial charge is 0.480 e. The lowest BCUT2D eigenvalue weighted by molar-refractivity contribution is -0.140. The van der Waals surface area contributed by atoms with Crippen LogP contribution in [0.1, 0.15) is 19.8 Å². The van der Waals surface area contributed by atoms with E-state index in [1.807, 2.05) is 6.92 Å². The number of thioether (sulfide) groups is 1. The first-order chi connectivity index (χ1) is 9.89. The highest BCUT2D eigenvalue weighted by atomic mass is 79.9. The van der Waals surface area contributed by atoms with Crippen molar-refractivity contribution in [1.82, 2.24) is 4.31 Å². The molecular formula is C13H16BrNO4S2. The van der Waals surface area contributed by atoms with Crippen molar-refractivity contribution >= 4 is 43.7 Å². The Kier molecular flexibility index (Phi) is 5.34. The van der Waals surface area contributed by atoms with Crippen molar-refractivity contribution in [1.29, 1.82) is 0 Å². The van der Waals surface area contributed by atoms with Gasteiger partial charge in [-0.05, 0) is 34.5 Å². The van der Waals surface area contributed by atoms with Gasteiger partial charge in [-0.15, -0.1) is 11.8 Å². The van der Waals surface area contributed by atoms with E-state index in [0.29, 0.717) is 10.9 Å². The number of rotatable bonds is 5. The molecular weight excluding hydrogens is 378 g/mol. The summed E-state index contributed by atoms with van der Waals surface area (Å²) in [7, 11) is -3.85. The van der Waals surface area contributed by atoms with Gasteiger partial charge >= 0.3 is 5.97 Å². The summed E-state index contributed by atoms with van der Waals surface area (Å²) in [6, 6.07) is 5.47. The van der Waals surface area contributed by atoms with E-state index < -0.39 is 22.0 Å². The summed E-state index contributed by atoms with van der Waals surface area (Å²) in [5.41, 5.74) is 0. The van der Waals surface area contributed by atoms with Gasteiger partial charge < -0.3 is 5.11 Å². The van der Waals surface area contributed by atoms with Crippen molar-refractivity contribution in [2.24, 2.45) is 0 Å². The van der Waals surface area contributed by atoms with Crippen LogP contribution in [0.5, 0.6) is 0 Å². The standard InChI is InChI=1S/C13H16BrNO4S2/c1-2-5-12-15(10(8-20-12)13(16)17)21(18,19)11-7-4-3-6-9(11)14/h3-4,6-7,10,12H,2,5,8H2,1H3,(H,16,17). The van der Waals surface area contributed by atoms with Gasteiger partial charge in [0, 0.05) is 10.2 Å². The van der Waals surface area contributed by atoms with Crippen molar-refractivity contribution in [3.05, 3.63) is 28.7 Å². The molecule has 0 radical (unpaired) electrons. The Morgan fingerprint density at radius 1 is 1.48 bits per heavy atom. The lowest BCUT2D eigenvalue weighted by Gasteiger charge is -2.26. The van der Waals surface area contributed by atoms with E-state index >= 15 is 0 Å². The molecule has 0 aromatic heterocycles. The van der Waals surface area contributed by atoms with Crippen LogP contribution >= 0.6 is 27.7 Å². The molecule has 1 aliphatic heterocycles. The molecule has 2 rings (SSSR count). The molecule has 0 saturated carbocycles. The second kappa shape index (κ2) is 6.68. The number of nitrogens with zero attached hydrogens (tertiary/aromatic N) is 1. The average molecular weight is 394 g/mol. The molecule has 0 aliphatic carbocycles. The number of aliphatic carboxylic acids is 1. The Bertz CT molecular complexity index is 635. The minimum absolute atomic E-state index is 0.111. The normalized spacial score (nSPS) is 23.3. The van der Waals surface area contributed by atoms with Gasteiger partial charge in [0.05, 0.1) is 10.3 Å². The number of hydrogen-bond acceptors (Lipinski definition) is 4. The van der Waals surface area contributed by atoms with Crippen molar-refractivity contribution in [2.75, 3.05) is 5.75 Å². The third-order valence-corrected chi connectivity index (χ3v) is 7.67. The summed E-state index contributed by atoms with van der Waals surface area (Å²) in [5.74, 6) is -0.819. The zero-order valence-corrected chi connectivity index (χ0v) is 14.6. The van der Waals surface area contributed by atoms with E-state index in [1.54, 1.807) is 18.2 Å². The first-order valence-electron chi connectivity index (χ1n) is 6.52. The third-order valence-electron chi connectivity index (χ3n) is 3.25. The summed E-state index contributed by atoms with van der Waals surface area (Å²) in [6.45, 7) is 1.96. The highest BCUT2D eigenvalue weighted by Crippen LogP contribution is 2.38. The third kappa shape index (κ3) is 3.28. The summed E-state index contributed by atoms with van der Waals surface area (Å²) in [4.78, 5) is 11.5. The molecule has 5 nitrogen and oxygen atoms in total. The zero-order chi connectivity index (χ0) is 15.6. The fourth-order valence-electron chi connectivity index (χ4n) is 2.28. The van der Waals surface area contributed by atoms with Crippen LogP contribution in [0.25, 0.3) is 0 Å². The van der Waals surface area contributed by atoms with Crippen LogP contribution in [0.15, 0.2) is 33.6 Å². The molecule has 1 fully saturated rings. The minimum Gasteiger partial charge on any atom is -0.480 e. The molecule has 2 atom stereocenters. The Morgan fingerprint density at radius 2 is 2.14 bits per heavy atom. The van der Waals surface area contributed by atoms with Gasteiger partial charge in [0.15, 0.2) is 0 Å². The monoisotopic (exact) mass is 393 g/mol. The van der Waals surface area contributed by atoms with Crippen LogP contribution in [-0.4, -0.2) is 41.0 Å². The SMILES string of the molecule is CCCC1SCC(C(=O)O)N1S(=O)(=O)c1ccccc1Br. The molecule has 2 unspecified atom stereocenters. The highest BCUT2D eigenvalue weighted by Gasteiger charge is 2.46. The van der Waals surface area contributed by atoms with Gasteiger partial charge in [-0.1, -0.05) is 25.5 Å². The molecule has 1 aromatic rings. The van der Waals surface area contributed by atoms with Gasteiger partial charge in [-0.3, -0.25) is 4.79 Å². The molecule has 1 saturated heterocycles. The van der Waals surface area contributed by atoms with Gasteiger partial charge in [0.1, 0.15) is 6.04 Å². The summed E-state index contributed by atoms with van der Waals surface area (Å²) < 4.78 is 27.4. The van der Waals surface area contributed by atoms with Crippen molar-refractivity contribution in [2.45, 2.75) is 36.1 Å². The Labute approximate surface area is 136 Å². The Morgan fingerprint density at radius 3 is 2.71 bits per heavy atom. The van der Waals surface area contributed by atoms with E-state index in [1.165, 1.54) is 17.8 Å². The molecule has 1 N–H and O–H groups in total. The summed E-state index contributed by atoms with van der Waals surface area (Å²) in [6.07, 6.45) is 1.43. The number of carbonyl (C=O) groups is 1. The molecule has 1 heterocycles. The second-order valence-electron chi connectivity index (χ2n) is 4.70. The first-order valence-corrected chi connectivity index (χ1v) is 9.80. The van der Waals surface area contributed by atoms with Crippen LogP contribution in [0.4, 0.5) is 0 Å². The van der Waals surface area contributed by atoms with Gasteiger partial charge in [-0.25, -0.2) is 8.42 Å². The molecule has 0 bridgehead atoms. The lowest BCUT2D eigenvalue weighted by atomic mass is 10.3. The predicted octanol–water partition coefficient (Wildman–Crippen LogP) is 2.77. The predicted molar refractivity (Wildman–Crippen MR) is 85.7 cm³/mol. The minimum atomic E-state index is -3.85. The van der Waals surface area contributed by atoms with E-state index in [2.05, 4.69) is 15.9 Å². The molecule has 116 valence electrons. The van der Waals surface area contributed by atoms with Crippen molar-refractivity contribution in [3.8, 4) is 0 Å². The van der Waals surface area contributed by atoms with E-state index in [-0.39, 0.29) is 16.0 Å². The van der Waals surface area contributed by atoms with E-state index in [0.717, 1.165) is 10.7 Å². The first kappa shape index (κ1) is 16.8. The Hall–Kier alpha value is -0.570. The van der Waals surface area contributed by atoms with Gasteiger partial charge in [-0.2, -0.15) is 4.31 Å². The molecule has 1 aromatic carbocycles. The number of sulfonamides is 1. The lowest BCUT2D eigenvalue weighted by Crippen LogP contribution is -2.45. The topological polar surface area (TPSA) is 74.7 Å². The van der Waals surface area contributed by atoms with Crippen molar-refractivity contribution in [3.63, 3.8) is 0 Å². The quantitative estimate of drug-likeness (QED) is 0.831. The molecule has 0 spiro atoms. The maximum atomic E-state index is 12.9. The maximum absolute atomic E-state index is 12.9. The average Bonchev–Trinajstić information content (AvgIpc) is 2.84. The van der Waals surface area contributed by atoms with Gasteiger partial charge in [0.2, 0.25) is 10.0 Å². The second-order valence-corrected chi connectivity index (χ2v) is 8.57. The number of hydrogen-bond donors (Lipinski definition) is 1. The number of carboxylic acid groups (broad SMARTS) is 1. The molecule has 0 amide bonds. The summed E-state index contributed by atoms with van der Waals surface area (Å²) in [5, 5.41) is 8.99. The zero-order valence-electron chi connectivity index (χ0n) is 11.4. The van der Waals surface area contributed by atoms with Crippen LogP contribution in [-0.2, 0) is 14.8 Å². The van der Waals surface area contributed by atoms with Crippen LogP contribution in [0, 0.1) is 0 Å². The molecule has 8 heteroatoms.